The summed E-state index contributed by atoms with van der Waals surface area (Å²) in [4.78, 5) is 0. The van der Waals surface area contributed by atoms with Crippen LogP contribution in [0.15, 0.2) is 0 Å². The third-order valence-corrected chi connectivity index (χ3v) is 13.8. The molecule has 0 bridgehead atoms. The maximum absolute atomic E-state index is 12.1. The topological polar surface area (TPSA) is 110 Å². The number of rotatable bonds is 2. The second-order valence-electron chi connectivity index (χ2n) is 16.0. The normalized spacial score (nSPS) is 61.7. The molecule has 0 amide bonds. The summed E-state index contributed by atoms with van der Waals surface area (Å²) in [6.07, 6.45) is 3.77. The summed E-state index contributed by atoms with van der Waals surface area (Å²) < 4.78 is 6.59. The highest BCUT2D eigenvalue weighted by Gasteiger charge is 2.86. The van der Waals surface area contributed by atoms with E-state index in [4.69, 9.17) is 4.74 Å². The molecule has 6 fully saturated rings. The minimum atomic E-state index is -0.956. The van der Waals surface area contributed by atoms with Gasteiger partial charge in [-0.05, 0) is 106 Å². The van der Waals surface area contributed by atoms with Crippen molar-refractivity contribution in [2.45, 2.75) is 142 Å². The number of fused-ring (bicyclic) bond motifs is 2. The van der Waals surface area contributed by atoms with Crippen LogP contribution in [0.3, 0.4) is 0 Å². The van der Waals surface area contributed by atoms with Gasteiger partial charge in [-0.1, -0.05) is 27.7 Å². The molecule has 13 atom stereocenters. The molecule has 6 rings (SSSR count). The van der Waals surface area contributed by atoms with Crippen LogP contribution in [0.4, 0.5) is 0 Å². The largest absolute Gasteiger partial charge is 0.393 e. The molecule has 206 valence electrons. The molecule has 5 saturated carbocycles. The van der Waals surface area contributed by atoms with Gasteiger partial charge < -0.3 is 30.3 Å². The Morgan fingerprint density at radius 3 is 2.06 bits per heavy atom. The maximum Gasteiger partial charge on any atom is 0.0865 e. The van der Waals surface area contributed by atoms with Crippen molar-refractivity contribution in [1.29, 1.82) is 0 Å². The SMILES string of the molecule is CC(C)(O)[C@@H]1CC[C@](C)([C@H]2[C@@H](O)C[C@@]3(C)[C@@H]4C[C@H](O)[C@H]5C(C)(C)[C@@H](O)CC[C@@]56C[C@@]46C[C@H](O)[C@]23C)O1. The first-order chi connectivity index (χ1) is 16.4. The Hall–Kier alpha value is -0.240. The number of aliphatic hydroxyl groups excluding tert-OH is 4. The molecule has 2 spiro atoms. The molecular weight excluding hydrogens is 456 g/mol. The zero-order valence-corrected chi connectivity index (χ0v) is 23.4. The Morgan fingerprint density at radius 1 is 0.778 bits per heavy atom. The van der Waals surface area contributed by atoms with E-state index in [0.29, 0.717) is 19.3 Å². The van der Waals surface area contributed by atoms with Crippen LogP contribution < -0.4 is 0 Å². The Balaban J connectivity index is 1.40. The van der Waals surface area contributed by atoms with Crippen molar-refractivity contribution < 1.29 is 30.3 Å². The lowest BCUT2D eigenvalue weighted by molar-refractivity contribution is -0.244. The van der Waals surface area contributed by atoms with Crippen LogP contribution in [0.5, 0.6) is 0 Å². The Labute approximate surface area is 216 Å². The number of hydrogen-bond acceptors (Lipinski definition) is 6. The third-order valence-electron chi connectivity index (χ3n) is 13.8. The van der Waals surface area contributed by atoms with Crippen molar-refractivity contribution in [3.63, 3.8) is 0 Å². The van der Waals surface area contributed by atoms with Gasteiger partial charge in [-0.2, -0.15) is 0 Å². The standard InChI is InChI=1S/C30H50O6/c1-24(2)19(33)8-11-29-15-30(29)14-20(34)28(7)23(27(6)10-9-21(36-27)25(3,4)35)17(32)13-26(28,5)18(30)12-16(31)22(24)29/h16-23,31-35H,8-15H2,1-7H3/t16-,17-,18-,19-,20-,21-,22-,23+,26-,27+,28+,29+,30-/m0/s1. The summed E-state index contributed by atoms with van der Waals surface area (Å²) in [5.74, 6) is 0.00446. The molecule has 0 aromatic rings. The molecule has 0 aromatic heterocycles. The van der Waals surface area contributed by atoms with Gasteiger partial charge in [0.1, 0.15) is 0 Å². The van der Waals surface area contributed by atoms with Crippen LogP contribution in [0.1, 0.15) is 99.8 Å². The van der Waals surface area contributed by atoms with Crippen LogP contribution >= 0.6 is 0 Å². The third kappa shape index (κ3) is 2.75. The number of hydrogen-bond donors (Lipinski definition) is 5. The fourth-order valence-electron chi connectivity index (χ4n) is 12.2. The van der Waals surface area contributed by atoms with E-state index in [0.717, 1.165) is 32.1 Å². The first kappa shape index (κ1) is 26.0. The van der Waals surface area contributed by atoms with Gasteiger partial charge in [0.05, 0.1) is 41.7 Å². The quantitative estimate of drug-likeness (QED) is 0.393. The smallest absolute Gasteiger partial charge is 0.0865 e. The molecule has 5 aliphatic carbocycles. The van der Waals surface area contributed by atoms with Gasteiger partial charge in [0.25, 0.3) is 0 Å². The summed E-state index contributed by atoms with van der Waals surface area (Å²) in [5, 5.41) is 57.1. The zero-order chi connectivity index (χ0) is 26.5. The summed E-state index contributed by atoms with van der Waals surface area (Å²) in [7, 11) is 0. The monoisotopic (exact) mass is 506 g/mol. The van der Waals surface area contributed by atoms with Gasteiger partial charge in [0.15, 0.2) is 0 Å². The lowest BCUT2D eigenvalue weighted by atomic mass is 9.40. The predicted molar refractivity (Wildman–Crippen MR) is 136 cm³/mol. The van der Waals surface area contributed by atoms with Crippen molar-refractivity contribution >= 4 is 0 Å². The minimum absolute atomic E-state index is 0.0355. The molecule has 1 saturated heterocycles. The summed E-state index contributed by atoms with van der Waals surface area (Å²) >= 11 is 0. The van der Waals surface area contributed by atoms with E-state index in [-0.39, 0.29) is 45.5 Å². The Morgan fingerprint density at radius 2 is 1.44 bits per heavy atom. The summed E-state index contributed by atoms with van der Waals surface area (Å²) in [6, 6.07) is 0. The molecule has 1 aliphatic heterocycles. The molecule has 1 heterocycles. The van der Waals surface area contributed by atoms with E-state index >= 15 is 0 Å². The fourth-order valence-corrected chi connectivity index (χ4v) is 12.2. The van der Waals surface area contributed by atoms with E-state index < -0.39 is 41.0 Å². The lowest BCUT2D eigenvalue weighted by Gasteiger charge is -2.65. The molecule has 5 N–H and O–H groups in total. The number of ether oxygens (including phenoxy) is 1. The predicted octanol–water partition coefficient (Wildman–Crippen LogP) is 3.41. The molecule has 36 heavy (non-hydrogen) atoms. The first-order valence-electron chi connectivity index (χ1n) is 14.5. The summed E-state index contributed by atoms with van der Waals surface area (Å²) in [6.45, 7) is 14.4. The molecule has 0 unspecified atom stereocenters. The second-order valence-corrected chi connectivity index (χ2v) is 16.0. The molecule has 6 aliphatic rings. The van der Waals surface area contributed by atoms with Gasteiger partial charge >= 0.3 is 0 Å². The molecule has 0 aromatic carbocycles. The van der Waals surface area contributed by atoms with E-state index in [1.165, 1.54) is 0 Å². The average molecular weight is 507 g/mol. The fraction of sp³-hybridized carbons (Fsp3) is 1.00. The molecule has 6 heteroatoms. The zero-order valence-electron chi connectivity index (χ0n) is 23.4. The van der Waals surface area contributed by atoms with E-state index in [9.17, 15) is 25.5 Å². The highest BCUT2D eigenvalue weighted by atomic mass is 16.5. The van der Waals surface area contributed by atoms with Gasteiger partial charge in [0, 0.05) is 11.3 Å². The van der Waals surface area contributed by atoms with Crippen LogP contribution in [-0.4, -0.2) is 67.3 Å². The molecule has 0 radical (unpaired) electrons. The molecule has 6 nitrogen and oxygen atoms in total. The van der Waals surface area contributed by atoms with E-state index in [1.807, 2.05) is 0 Å². The maximum atomic E-state index is 12.1. The average Bonchev–Trinajstić information content (AvgIpc) is 3.06. The van der Waals surface area contributed by atoms with Crippen molar-refractivity contribution in [3.8, 4) is 0 Å². The van der Waals surface area contributed by atoms with E-state index in [2.05, 4.69) is 34.6 Å². The van der Waals surface area contributed by atoms with Crippen molar-refractivity contribution in [2.75, 3.05) is 0 Å². The minimum Gasteiger partial charge on any atom is -0.393 e. The van der Waals surface area contributed by atoms with Gasteiger partial charge in [-0.3, -0.25) is 0 Å². The Kier molecular flexibility index (Phi) is 5.12. The van der Waals surface area contributed by atoms with Gasteiger partial charge in [0.2, 0.25) is 0 Å². The first-order valence-corrected chi connectivity index (χ1v) is 14.5. The van der Waals surface area contributed by atoms with E-state index in [1.54, 1.807) is 13.8 Å². The highest BCUT2D eigenvalue weighted by molar-refractivity contribution is 5.34. The van der Waals surface area contributed by atoms with Crippen molar-refractivity contribution in [1.82, 2.24) is 0 Å². The second kappa shape index (κ2) is 7.09. The van der Waals surface area contributed by atoms with Crippen LogP contribution in [0.2, 0.25) is 0 Å². The lowest BCUT2D eigenvalue weighted by Crippen LogP contribution is -2.66. The van der Waals surface area contributed by atoms with Gasteiger partial charge in [-0.15, -0.1) is 0 Å². The van der Waals surface area contributed by atoms with Crippen LogP contribution in [0, 0.1) is 44.8 Å². The highest BCUT2D eigenvalue weighted by Crippen LogP contribution is 2.89. The van der Waals surface area contributed by atoms with Gasteiger partial charge in [-0.25, -0.2) is 0 Å². The molecular formula is C30H50O6. The Bertz CT molecular complexity index is 944. The van der Waals surface area contributed by atoms with Crippen molar-refractivity contribution in [3.05, 3.63) is 0 Å². The van der Waals surface area contributed by atoms with Crippen LogP contribution in [0.25, 0.3) is 0 Å². The summed E-state index contributed by atoms with van der Waals surface area (Å²) in [5.41, 5.74) is -2.92. The van der Waals surface area contributed by atoms with Crippen LogP contribution in [-0.2, 0) is 4.74 Å². The number of aliphatic hydroxyl groups is 5. The van der Waals surface area contributed by atoms with Crippen molar-refractivity contribution in [2.24, 2.45) is 44.8 Å².